The van der Waals surface area contributed by atoms with Crippen molar-refractivity contribution in [2.24, 2.45) is 0 Å². The minimum Gasteiger partial charge on any atom is -0.504 e. The summed E-state index contributed by atoms with van der Waals surface area (Å²) in [5.41, 5.74) is 0.209. The van der Waals surface area contributed by atoms with Crippen LogP contribution in [0.25, 0.3) is 0 Å². The molecule has 1 aromatic rings. The third-order valence-electron chi connectivity index (χ3n) is 2.89. The minimum absolute atomic E-state index is 0.162. The number of carbonyl (C=O) groups is 2. The third-order valence-corrected chi connectivity index (χ3v) is 2.89. The SMILES string of the molecule is CCC(C(=O)O)N(C)C(=O)c1ccc(OC)c(O)c1. The van der Waals surface area contributed by atoms with Gasteiger partial charge < -0.3 is 19.8 Å². The molecule has 1 rings (SSSR count). The van der Waals surface area contributed by atoms with Crippen molar-refractivity contribution in [2.45, 2.75) is 19.4 Å². The van der Waals surface area contributed by atoms with Gasteiger partial charge in [0.25, 0.3) is 5.91 Å². The molecule has 1 aromatic carbocycles. The Labute approximate surface area is 111 Å². The van der Waals surface area contributed by atoms with Crippen molar-refractivity contribution in [3.63, 3.8) is 0 Å². The van der Waals surface area contributed by atoms with Crippen molar-refractivity contribution < 1.29 is 24.5 Å². The zero-order valence-corrected chi connectivity index (χ0v) is 11.1. The number of phenolic OH excluding ortho intramolecular Hbond substituents is 1. The van der Waals surface area contributed by atoms with Gasteiger partial charge >= 0.3 is 5.97 Å². The molecule has 104 valence electrons. The number of hydrogen-bond donors (Lipinski definition) is 2. The lowest BCUT2D eigenvalue weighted by Gasteiger charge is -2.23. The molecule has 1 unspecified atom stereocenters. The van der Waals surface area contributed by atoms with Crippen LogP contribution in [0.3, 0.4) is 0 Å². The summed E-state index contributed by atoms with van der Waals surface area (Å²) in [6.07, 6.45) is 0.305. The fourth-order valence-electron chi connectivity index (χ4n) is 1.78. The number of benzene rings is 1. The summed E-state index contributed by atoms with van der Waals surface area (Å²) in [6.45, 7) is 1.69. The molecule has 6 nitrogen and oxygen atoms in total. The average Bonchev–Trinajstić information content (AvgIpc) is 2.37. The number of likely N-dealkylation sites (N-methyl/N-ethyl adjacent to an activating group) is 1. The van der Waals surface area contributed by atoms with Gasteiger partial charge in [0.05, 0.1) is 7.11 Å². The minimum atomic E-state index is -1.06. The van der Waals surface area contributed by atoms with Gasteiger partial charge in [0.15, 0.2) is 11.5 Å². The van der Waals surface area contributed by atoms with Gasteiger partial charge in [0.2, 0.25) is 0 Å². The number of aromatic hydroxyl groups is 1. The number of methoxy groups -OCH3 is 1. The van der Waals surface area contributed by atoms with E-state index in [9.17, 15) is 14.7 Å². The first-order valence-corrected chi connectivity index (χ1v) is 5.79. The highest BCUT2D eigenvalue weighted by Crippen LogP contribution is 2.26. The van der Waals surface area contributed by atoms with Gasteiger partial charge in [-0.3, -0.25) is 4.79 Å². The largest absolute Gasteiger partial charge is 0.504 e. The van der Waals surface area contributed by atoms with Crippen LogP contribution in [0.5, 0.6) is 11.5 Å². The van der Waals surface area contributed by atoms with Crippen LogP contribution in [-0.4, -0.2) is 47.2 Å². The highest BCUT2D eigenvalue weighted by Gasteiger charge is 2.25. The lowest BCUT2D eigenvalue weighted by atomic mass is 10.1. The average molecular weight is 267 g/mol. The third kappa shape index (κ3) is 3.15. The lowest BCUT2D eigenvalue weighted by Crippen LogP contribution is -2.41. The lowest BCUT2D eigenvalue weighted by molar-refractivity contribution is -0.142. The van der Waals surface area contributed by atoms with Gasteiger partial charge in [0, 0.05) is 12.6 Å². The van der Waals surface area contributed by atoms with E-state index in [1.807, 2.05) is 0 Å². The van der Waals surface area contributed by atoms with Gasteiger partial charge in [0.1, 0.15) is 6.04 Å². The fraction of sp³-hybridized carbons (Fsp3) is 0.385. The zero-order chi connectivity index (χ0) is 14.6. The number of rotatable bonds is 5. The molecule has 0 aliphatic rings. The van der Waals surface area contributed by atoms with Crippen molar-refractivity contribution in [3.05, 3.63) is 23.8 Å². The van der Waals surface area contributed by atoms with E-state index < -0.39 is 17.9 Å². The quantitative estimate of drug-likeness (QED) is 0.840. The second-order valence-electron chi connectivity index (χ2n) is 4.06. The molecular weight excluding hydrogens is 250 g/mol. The Morgan fingerprint density at radius 2 is 2.05 bits per heavy atom. The molecule has 0 fully saturated rings. The molecule has 1 atom stereocenters. The summed E-state index contributed by atoms with van der Waals surface area (Å²) < 4.78 is 4.88. The Kier molecular flexibility index (Phi) is 4.74. The molecule has 6 heteroatoms. The normalized spacial score (nSPS) is 11.7. The van der Waals surface area contributed by atoms with E-state index in [2.05, 4.69) is 0 Å². The number of ether oxygens (including phenoxy) is 1. The van der Waals surface area contributed by atoms with Crippen LogP contribution in [0.4, 0.5) is 0 Å². The van der Waals surface area contributed by atoms with Crippen molar-refractivity contribution in [2.75, 3.05) is 14.2 Å². The topological polar surface area (TPSA) is 87.1 Å². The summed E-state index contributed by atoms with van der Waals surface area (Å²) in [4.78, 5) is 24.3. The van der Waals surface area contributed by atoms with E-state index in [1.165, 1.54) is 32.4 Å². The van der Waals surface area contributed by atoms with E-state index in [-0.39, 0.29) is 17.1 Å². The summed E-state index contributed by atoms with van der Waals surface area (Å²) in [7, 11) is 2.83. The molecular formula is C13H17NO5. The van der Waals surface area contributed by atoms with E-state index in [4.69, 9.17) is 9.84 Å². The van der Waals surface area contributed by atoms with Crippen molar-refractivity contribution in [1.29, 1.82) is 0 Å². The number of carboxylic acids is 1. The molecule has 1 amide bonds. The number of carbonyl (C=O) groups excluding carboxylic acids is 1. The molecule has 0 aromatic heterocycles. The van der Waals surface area contributed by atoms with Crippen LogP contribution in [-0.2, 0) is 4.79 Å². The molecule has 0 radical (unpaired) electrons. The van der Waals surface area contributed by atoms with Crippen molar-refractivity contribution >= 4 is 11.9 Å². The molecule has 0 bridgehead atoms. The molecule has 0 saturated carbocycles. The number of aliphatic carboxylic acids is 1. The van der Waals surface area contributed by atoms with Crippen molar-refractivity contribution in [1.82, 2.24) is 4.90 Å². The Balaban J connectivity index is 3.00. The number of amides is 1. The van der Waals surface area contributed by atoms with E-state index in [0.717, 1.165) is 4.90 Å². The van der Waals surface area contributed by atoms with Crippen LogP contribution in [0.15, 0.2) is 18.2 Å². The van der Waals surface area contributed by atoms with Gasteiger partial charge in [-0.2, -0.15) is 0 Å². The monoisotopic (exact) mass is 267 g/mol. The smallest absolute Gasteiger partial charge is 0.326 e. The summed E-state index contributed by atoms with van der Waals surface area (Å²) in [6, 6.07) is 3.30. The maximum absolute atomic E-state index is 12.1. The molecule has 19 heavy (non-hydrogen) atoms. The van der Waals surface area contributed by atoms with Crippen LogP contribution in [0, 0.1) is 0 Å². The van der Waals surface area contributed by atoms with Gasteiger partial charge in [-0.1, -0.05) is 6.92 Å². The molecule has 0 saturated heterocycles. The van der Waals surface area contributed by atoms with Crippen molar-refractivity contribution in [3.8, 4) is 11.5 Å². The van der Waals surface area contributed by atoms with Crippen LogP contribution < -0.4 is 4.74 Å². The van der Waals surface area contributed by atoms with Gasteiger partial charge in [-0.25, -0.2) is 4.79 Å². The Morgan fingerprint density at radius 1 is 1.42 bits per heavy atom. The fourth-order valence-corrected chi connectivity index (χ4v) is 1.78. The van der Waals surface area contributed by atoms with E-state index >= 15 is 0 Å². The van der Waals surface area contributed by atoms with Crippen LogP contribution in [0.2, 0.25) is 0 Å². The summed E-state index contributed by atoms with van der Waals surface area (Å²) in [5.74, 6) is -1.43. The molecule has 0 aliphatic carbocycles. The highest BCUT2D eigenvalue weighted by molar-refractivity contribution is 5.97. The Morgan fingerprint density at radius 3 is 2.47 bits per heavy atom. The second kappa shape index (κ2) is 6.08. The van der Waals surface area contributed by atoms with E-state index in [1.54, 1.807) is 6.92 Å². The number of hydrogen-bond acceptors (Lipinski definition) is 4. The first kappa shape index (κ1) is 14.8. The molecule has 2 N–H and O–H groups in total. The molecule has 0 aliphatic heterocycles. The first-order chi connectivity index (χ1) is 8.92. The predicted octanol–water partition coefficient (Wildman–Crippen LogP) is 1.34. The first-order valence-electron chi connectivity index (χ1n) is 5.79. The van der Waals surface area contributed by atoms with Crippen LogP contribution in [0.1, 0.15) is 23.7 Å². The van der Waals surface area contributed by atoms with E-state index in [0.29, 0.717) is 6.42 Å². The maximum Gasteiger partial charge on any atom is 0.326 e. The number of nitrogens with zero attached hydrogens (tertiary/aromatic N) is 1. The Hall–Kier alpha value is -2.24. The number of phenols is 1. The van der Waals surface area contributed by atoms with Gasteiger partial charge in [-0.05, 0) is 24.6 Å². The standard InChI is InChI=1S/C13H17NO5/c1-4-9(13(17)18)14(2)12(16)8-5-6-11(19-3)10(15)7-8/h5-7,9,15H,4H2,1-3H3,(H,17,18). The number of carboxylic acid groups (broad SMARTS) is 1. The zero-order valence-electron chi connectivity index (χ0n) is 11.1. The maximum atomic E-state index is 12.1. The molecule has 0 heterocycles. The van der Waals surface area contributed by atoms with Crippen LogP contribution >= 0.6 is 0 Å². The summed E-state index contributed by atoms with van der Waals surface area (Å²) in [5, 5.41) is 18.6. The predicted molar refractivity (Wildman–Crippen MR) is 68.5 cm³/mol. The highest BCUT2D eigenvalue weighted by atomic mass is 16.5. The van der Waals surface area contributed by atoms with Gasteiger partial charge in [-0.15, -0.1) is 0 Å². The Bertz CT molecular complexity index is 486. The summed E-state index contributed by atoms with van der Waals surface area (Å²) >= 11 is 0. The second-order valence-corrected chi connectivity index (χ2v) is 4.06. The molecule has 0 spiro atoms.